The molecule has 72 valence electrons. The van der Waals surface area contributed by atoms with Crippen LogP contribution >= 0.6 is 0 Å². The minimum Gasteiger partial charge on any atom is -0.463 e. The van der Waals surface area contributed by atoms with Crippen molar-refractivity contribution in [2.24, 2.45) is 5.73 Å². The van der Waals surface area contributed by atoms with E-state index in [2.05, 4.69) is 15.4 Å². The molecule has 6 heteroatoms. The third-order valence-electron chi connectivity index (χ3n) is 1.49. The standard InChI is InChI=1S/C7H11N3O3/c1-2-13-5(11)7(8)3-4-9-6(12)10-7/h3-4H,2,8H2,1H3,(H2,9,10,12). The van der Waals surface area contributed by atoms with Crippen molar-refractivity contribution < 1.29 is 14.3 Å². The minimum atomic E-state index is -1.54. The Labute approximate surface area is 75.1 Å². The molecule has 0 aliphatic carbocycles. The molecule has 1 heterocycles. The van der Waals surface area contributed by atoms with Gasteiger partial charge in [-0.3, -0.25) is 5.73 Å². The lowest BCUT2D eigenvalue weighted by atomic mass is 10.1. The number of urea groups is 1. The number of hydrogen-bond acceptors (Lipinski definition) is 4. The van der Waals surface area contributed by atoms with E-state index < -0.39 is 17.7 Å². The molecule has 0 aromatic carbocycles. The number of carbonyl (C=O) groups is 2. The van der Waals surface area contributed by atoms with Gasteiger partial charge in [0, 0.05) is 6.20 Å². The third kappa shape index (κ3) is 1.97. The van der Waals surface area contributed by atoms with Crippen LogP contribution in [0.25, 0.3) is 0 Å². The molecule has 0 fully saturated rings. The van der Waals surface area contributed by atoms with Crippen molar-refractivity contribution >= 4 is 12.0 Å². The summed E-state index contributed by atoms with van der Waals surface area (Å²) in [7, 11) is 0. The first-order valence-corrected chi connectivity index (χ1v) is 3.81. The van der Waals surface area contributed by atoms with Crippen molar-refractivity contribution in [1.82, 2.24) is 10.6 Å². The molecular formula is C7H11N3O3. The molecule has 0 bridgehead atoms. The van der Waals surface area contributed by atoms with Gasteiger partial charge in [-0.15, -0.1) is 0 Å². The number of carbonyl (C=O) groups excluding carboxylic acids is 2. The highest BCUT2D eigenvalue weighted by Gasteiger charge is 2.36. The van der Waals surface area contributed by atoms with Crippen molar-refractivity contribution in [2.75, 3.05) is 6.61 Å². The molecule has 0 radical (unpaired) electrons. The van der Waals surface area contributed by atoms with Gasteiger partial charge in [0.05, 0.1) is 6.61 Å². The van der Waals surface area contributed by atoms with E-state index in [1.54, 1.807) is 6.92 Å². The van der Waals surface area contributed by atoms with E-state index in [1.807, 2.05) is 0 Å². The fourth-order valence-corrected chi connectivity index (χ4v) is 0.884. The van der Waals surface area contributed by atoms with Crippen LogP contribution in [-0.2, 0) is 9.53 Å². The summed E-state index contributed by atoms with van der Waals surface area (Å²) >= 11 is 0. The van der Waals surface area contributed by atoms with Crippen LogP contribution in [0.3, 0.4) is 0 Å². The quantitative estimate of drug-likeness (QED) is 0.482. The molecule has 1 rings (SSSR count). The third-order valence-corrected chi connectivity index (χ3v) is 1.49. The first-order chi connectivity index (χ1) is 6.08. The summed E-state index contributed by atoms with van der Waals surface area (Å²) in [6, 6.07) is -0.530. The Morgan fingerprint density at radius 1 is 1.77 bits per heavy atom. The fraction of sp³-hybridized carbons (Fsp3) is 0.429. The summed E-state index contributed by atoms with van der Waals surface area (Å²) in [6.07, 6.45) is 2.63. The molecule has 0 aromatic heterocycles. The van der Waals surface area contributed by atoms with Crippen molar-refractivity contribution in [2.45, 2.75) is 12.6 Å². The predicted octanol–water partition coefficient (Wildman–Crippen LogP) is -0.969. The zero-order chi connectivity index (χ0) is 9.90. The van der Waals surface area contributed by atoms with Crippen LogP contribution < -0.4 is 16.4 Å². The second kappa shape index (κ2) is 3.44. The molecule has 1 aliphatic rings. The Morgan fingerprint density at radius 2 is 2.46 bits per heavy atom. The van der Waals surface area contributed by atoms with Crippen LogP contribution in [0.1, 0.15) is 6.92 Å². The Morgan fingerprint density at radius 3 is 3.00 bits per heavy atom. The fourth-order valence-electron chi connectivity index (χ4n) is 0.884. The summed E-state index contributed by atoms with van der Waals surface area (Å²) < 4.78 is 4.68. The molecule has 1 aliphatic heterocycles. The molecule has 1 unspecified atom stereocenters. The minimum absolute atomic E-state index is 0.217. The first kappa shape index (κ1) is 9.53. The number of amides is 2. The van der Waals surface area contributed by atoms with Gasteiger partial charge in [-0.1, -0.05) is 0 Å². The highest BCUT2D eigenvalue weighted by atomic mass is 16.5. The number of hydrogen-bond donors (Lipinski definition) is 3. The summed E-state index contributed by atoms with van der Waals surface area (Å²) in [6.45, 7) is 1.88. The Bertz CT molecular complexity index is 264. The maximum atomic E-state index is 11.2. The van der Waals surface area contributed by atoms with E-state index in [1.165, 1.54) is 12.3 Å². The molecule has 6 nitrogen and oxygen atoms in total. The van der Waals surface area contributed by atoms with E-state index in [4.69, 9.17) is 5.73 Å². The lowest BCUT2D eigenvalue weighted by Gasteiger charge is -2.27. The number of rotatable bonds is 2. The van der Waals surface area contributed by atoms with Gasteiger partial charge in [0.2, 0.25) is 5.66 Å². The predicted molar refractivity (Wildman–Crippen MR) is 44.4 cm³/mol. The highest BCUT2D eigenvalue weighted by Crippen LogP contribution is 2.04. The molecule has 13 heavy (non-hydrogen) atoms. The first-order valence-electron chi connectivity index (χ1n) is 3.81. The second-order valence-electron chi connectivity index (χ2n) is 2.52. The molecular weight excluding hydrogens is 174 g/mol. The van der Waals surface area contributed by atoms with Gasteiger partial charge in [-0.05, 0) is 13.0 Å². The van der Waals surface area contributed by atoms with Crippen molar-refractivity contribution in [3.05, 3.63) is 12.3 Å². The number of ether oxygens (including phenoxy) is 1. The van der Waals surface area contributed by atoms with Crippen molar-refractivity contribution in [1.29, 1.82) is 0 Å². The molecule has 0 aromatic rings. The topological polar surface area (TPSA) is 93.4 Å². The van der Waals surface area contributed by atoms with E-state index in [0.29, 0.717) is 0 Å². The number of nitrogens with two attached hydrogens (primary N) is 1. The van der Waals surface area contributed by atoms with Gasteiger partial charge in [-0.25, -0.2) is 9.59 Å². The normalized spacial score (nSPS) is 26.2. The summed E-state index contributed by atoms with van der Waals surface area (Å²) in [5.41, 5.74) is 4.00. The Hall–Kier alpha value is -1.56. The van der Waals surface area contributed by atoms with Crippen LogP contribution in [-0.4, -0.2) is 24.3 Å². The molecule has 0 spiro atoms. The van der Waals surface area contributed by atoms with Crippen LogP contribution in [0.15, 0.2) is 12.3 Å². The van der Waals surface area contributed by atoms with Crippen molar-refractivity contribution in [3.8, 4) is 0 Å². The van der Waals surface area contributed by atoms with E-state index in [9.17, 15) is 9.59 Å². The maximum absolute atomic E-state index is 11.2. The van der Waals surface area contributed by atoms with Crippen LogP contribution in [0.4, 0.5) is 4.79 Å². The second-order valence-corrected chi connectivity index (χ2v) is 2.52. The van der Waals surface area contributed by atoms with Crippen molar-refractivity contribution in [3.63, 3.8) is 0 Å². The zero-order valence-electron chi connectivity index (χ0n) is 7.16. The molecule has 2 amide bonds. The summed E-state index contributed by atoms with van der Waals surface area (Å²) in [5, 5.41) is 4.56. The average Bonchev–Trinajstić information content (AvgIpc) is 2.04. The van der Waals surface area contributed by atoms with E-state index in [-0.39, 0.29) is 6.61 Å². The molecule has 4 N–H and O–H groups in total. The highest BCUT2D eigenvalue weighted by molar-refractivity contribution is 5.90. The largest absolute Gasteiger partial charge is 0.463 e. The van der Waals surface area contributed by atoms with Crippen LogP contribution in [0.5, 0.6) is 0 Å². The maximum Gasteiger partial charge on any atom is 0.351 e. The number of nitrogens with one attached hydrogen (secondary N) is 2. The lowest BCUT2D eigenvalue weighted by molar-refractivity contribution is -0.148. The van der Waals surface area contributed by atoms with Gasteiger partial charge in [0.1, 0.15) is 0 Å². The van der Waals surface area contributed by atoms with Gasteiger partial charge < -0.3 is 15.4 Å². The van der Waals surface area contributed by atoms with Gasteiger partial charge in [-0.2, -0.15) is 0 Å². The lowest BCUT2D eigenvalue weighted by Crippen LogP contribution is -2.64. The molecule has 0 saturated carbocycles. The van der Waals surface area contributed by atoms with Gasteiger partial charge in [0.15, 0.2) is 0 Å². The smallest absolute Gasteiger partial charge is 0.351 e. The Kier molecular flexibility index (Phi) is 2.52. The SMILES string of the molecule is CCOC(=O)C1(N)C=CNC(=O)N1. The number of esters is 1. The Balaban J connectivity index is 2.75. The average molecular weight is 185 g/mol. The van der Waals surface area contributed by atoms with E-state index >= 15 is 0 Å². The van der Waals surface area contributed by atoms with Crippen LogP contribution in [0.2, 0.25) is 0 Å². The monoisotopic (exact) mass is 185 g/mol. The van der Waals surface area contributed by atoms with Gasteiger partial charge in [0.25, 0.3) is 0 Å². The van der Waals surface area contributed by atoms with Gasteiger partial charge >= 0.3 is 12.0 Å². The molecule has 1 atom stereocenters. The summed E-state index contributed by atoms with van der Waals surface area (Å²) in [4.78, 5) is 22.1. The summed E-state index contributed by atoms with van der Waals surface area (Å²) in [5.74, 6) is -0.680. The molecule has 0 saturated heterocycles. The van der Waals surface area contributed by atoms with Crippen LogP contribution in [0, 0.1) is 0 Å². The van der Waals surface area contributed by atoms with E-state index in [0.717, 1.165) is 0 Å². The zero-order valence-corrected chi connectivity index (χ0v) is 7.16.